The van der Waals surface area contributed by atoms with Gasteiger partial charge >= 0.3 is 71.6 Å². The van der Waals surface area contributed by atoms with Crippen molar-refractivity contribution in [3.05, 3.63) is 182 Å². The lowest BCUT2D eigenvalue weighted by Crippen LogP contribution is -2.30. The van der Waals surface area contributed by atoms with Gasteiger partial charge in [-0.15, -0.1) is 0 Å². The molecule has 0 aliphatic carbocycles. The number of isocyanates is 3. The second-order valence-corrected chi connectivity index (χ2v) is 20.1. The Morgan fingerprint density at radius 1 is 0.293 bits per heavy atom. The highest BCUT2D eigenvalue weighted by atomic mass is 16.6. The molecule has 0 heterocycles. The number of carbonyl (C=O) groups is 12. The zero-order valence-electron chi connectivity index (χ0n) is 64.1. The smallest absolute Gasteiger partial charge is 0.352 e. The predicted octanol–water partition coefficient (Wildman–Crippen LogP) is 7.20. The summed E-state index contributed by atoms with van der Waals surface area (Å²) >= 11 is 0. The topological polar surface area (TPSA) is 521 Å². The number of esters is 12. The number of para-hydroxylation sites is 6. The lowest BCUT2D eigenvalue weighted by molar-refractivity contribution is -0.165. The lowest BCUT2D eigenvalue weighted by atomic mass is 10.3. The zero-order chi connectivity index (χ0) is 87.0. The van der Waals surface area contributed by atoms with E-state index < -0.39 is 97.1 Å². The second-order valence-electron chi connectivity index (χ2n) is 20.1. The third-order valence-corrected chi connectivity index (χ3v) is 11.4. The van der Waals surface area contributed by atoms with Gasteiger partial charge in [-0.05, 0) is 86.6 Å². The molecule has 0 aromatic heterocycles. The van der Waals surface area contributed by atoms with Crippen LogP contribution in [-0.4, -0.2) is 197 Å². The molecule has 0 fully saturated rings. The van der Waals surface area contributed by atoms with E-state index in [9.17, 15) is 57.5 Å². The van der Waals surface area contributed by atoms with Crippen molar-refractivity contribution in [3.8, 4) is 53.3 Å². The van der Waals surface area contributed by atoms with E-state index in [-0.39, 0.29) is 78.2 Å². The van der Waals surface area contributed by atoms with Crippen LogP contribution in [0.25, 0.3) is 0 Å². The van der Waals surface area contributed by atoms with E-state index in [1.54, 1.807) is 182 Å². The first-order valence-corrected chi connectivity index (χ1v) is 33.3. The Kier molecular flexibility index (Phi) is 67.0. The van der Waals surface area contributed by atoms with Gasteiger partial charge < -0.3 is 80.5 Å². The Balaban J connectivity index is -0.00000144. The van der Waals surface area contributed by atoms with Crippen LogP contribution in [0.4, 0.5) is 0 Å². The highest BCUT2D eigenvalue weighted by Crippen LogP contribution is 2.15. The quantitative estimate of drug-likeness (QED) is 0.00747. The molecule has 0 aliphatic rings. The van der Waals surface area contributed by atoms with Crippen molar-refractivity contribution in [1.82, 2.24) is 0 Å². The van der Waals surface area contributed by atoms with Gasteiger partial charge in [-0.1, -0.05) is 109 Å². The fourth-order valence-electron chi connectivity index (χ4n) is 6.50. The summed E-state index contributed by atoms with van der Waals surface area (Å²) in [4.78, 5) is 176. The van der Waals surface area contributed by atoms with E-state index in [1.165, 1.54) is 93.3 Å². The molecule has 38 heteroatoms. The summed E-state index contributed by atoms with van der Waals surface area (Å²) in [5, 5.41) is 22.2. The van der Waals surface area contributed by atoms with Crippen LogP contribution >= 0.6 is 0 Å². The maximum atomic E-state index is 11.9. The van der Waals surface area contributed by atoms with Gasteiger partial charge in [0, 0.05) is 21.1 Å². The van der Waals surface area contributed by atoms with Crippen molar-refractivity contribution < 1.29 is 152 Å². The molecular formula is C78H84N6O32. The number of ether oxygens (including phenoxy) is 17. The van der Waals surface area contributed by atoms with Crippen molar-refractivity contribution in [2.45, 2.75) is 64.6 Å². The Morgan fingerprint density at radius 2 is 0.483 bits per heavy atom. The summed E-state index contributed by atoms with van der Waals surface area (Å²) in [6.07, 6.45) is 4.35. The number of benzene rings is 6. The van der Waals surface area contributed by atoms with Gasteiger partial charge in [0.2, 0.25) is 18.2 Å². The van der Waals surface area contributed by atoms with E-state index in [1.807, 2.05) is 0 Å². The largest absolute Gasteiger partial charge is 0.463 e. The third-order valence-electron chi connectivity index (χ3n) is 11.4. The number of hydrogen-bond donors (Lipinski definition) is 0. The first kappa shape index (κ1) is 105. The molecule has 6 aromatic rings. The minimum absolute atomic E-state index is 0.00409. The van der Waals surface area contributed by atoms with Crippen LogP contribution in [0.5, 0.6) is 34.5 Å². The zero-order valence-corrected chi connectivity index (χ0v) is 64.1. The van der Waals surface area contributed by atoms with E-state index in [0.717, 1.165) is 0 Å². The van der Waals surface area contributed by atoms with Gasteiger partial charge in [-0.25, -0.2) is 58.1 Å². The molecule has 0 saturated heterocycles. The van der Waals surface area contributed by atoms with Gasteiger partial charge in [0.1, 0.15) is 60.9 Å². The van der Waals surface area contributed by atoms with Crippen molar-refractivity contribution in [2.24, 2.45) is 15.0 Å². The van der Waals surface area contributed by atoms with Gasteiger partial charge in [-0.3, -0.25) is 28.8 Å². The van der Waals surface area contributed by atoms with Crippen LogP contribution in [0.15, 0.2) is 197 Å². The van der Waals surface area contributed by atoms with E-state index >= 15 is 0 Å². The molecular weight excluding hydrogens is 1530 g/mol. The van der Waals surface area contributed by atoms with Crippen molar-refractivity contribution in [1.29, 1.82) is 15.8 Å². The maximum Gasteiger partial charge on any atom is 0.352 e. The molecule has 6 aromatic carbocycles. The summed E-state index contributed by atoms with van der Waals surface area (Å²) in [6, 6.07) is 50.4. The molecule has 0 radical (unpaired) electrons. The predicted molar refractivity (Wildman–Crippen MR) is 397 cm³/mol. The molecule has 618 valence electrons. The van der Waals surface area contributed by atoms with Crippen LogP contribution in [0.3, 0.4) is 0 Å². The van der Waals surface area contributed by atoms with Crippen LogP contribution in [-0.2, 0) is 124 Å². The number of methoxy groups -OCH3 is 3. The van der Waals surface area contributed by atoms with Gasteiger partial charge in [0.25, 0.3) is 18.8 Å². The molecule has 0 N–H and O–H groups in total. The molecule has 0 saturated carbocycles. The maximum absolute atomic E-state index is 11.9. The molecule has 0 aliphatic heterocycles. The monoisotopic (exact) mass is 1620 g/mol. The van der Waals surface area contributed by atoms with Crippen molar-refractivity contribution >= 4 is 89.9 Å². The molecule has 2 unspecified atom stereocenters. The first-order chi connectivity index (χ1) is 55.9. The fourth-order valence-corrected chi connectivity index (χ4v) is 6.50. The SMILES string of the molecule is CC(OC(=O)CCC(=O)OC(C)C(=O)Oc1ccccc1)C(=O)Oc1ccccc1.CN=C=O.CN=C=O.CN=C=O.COC#N.COC#N.COC#N.O=C(CCC(=O)OCC(=O)Oc1ccccc1)OCC(=O)Oc1ccccc1.O=C(CCC(=O)OCCOCC(=O)Oc1ccccc1)OCCOCC(=O)Oc1ccccc1. The lowest BCUT2D eigenvalue weighted by Gasteiger charge is -2.14. The Morgan fingerprint density at radius 3 is 0.690 bits per heavy atom. The normalized spacial score (nSPS) is 9.39. The van der Waals surface area contributed by atoms with Crippen LogP contribution < -0.4 is 28.4 Å². The van der Waals surface area contributed by atoms with Gasteiger partial charge in [-0.2, -0.15) is 15.8 Å². The molecule has 2 atom stereocenters. The second kappa shape index (κ2) is 74.0. The summed E-state index contributed by atoms with van der Waals surface area (Å²) in [6.45, 7) is 0.868. The number of rotatable bonds is 33. The van der Waals surface area contributed by atoms with Crippen LogP contribution in [0, 0.1) is 34.6 Å². The van der Waals surface area contributed by atoms with E-state index in [4.69, 9.17) is 96.5 Å². The van der Waals surface area contributed by atoms with Gasteiger partial charge in [0.15, 0.2) is 25.4 Å². The Hall–Kier alpha value is -15.1. The minimum atomic E-state index is -1.14. The number of nitrogens with zero attached hydrogens (tertiary/aromatic N) is 6. The molecule has 116 heavy (non-hydrogen) atoms. The van der Waals surface area contributed by atoms with Crippen molar-refractivity contribution in [2.75, 3.05) is 95.3 Å². The van der Waals surface area contributed by atoms with Crippen LogP contribution in [0.1, 0.15) is 52.4 Å². The Labute approximate surface area is 665 Å². The summed E-state index contributed by atoms with van der Waals surface area (Å²) < 4.78 is 81.0. The summed E-state index contributed by atoms with van der Waals surface area (Å²) in [7, 11) is 8.10. The highest BCUT2D eigenvalue weighted by molar-refractivity contribution is 5.85. The number of nitriles is 3. The standard InChI is InChI=1S/C24H26O10.C22H22O8.C20H18O8.6C2H3NO/c25-21(31-15-13-29-17-23(27)33-19-7-3-1-4-8-19)11-12-22(26)32-16-14-30-18-24(28)34-20-9-5-2-6-10-20;1-15(21(25)29-17-9-5-3-6-10-17)27-19(23)13-14-20(24)28-16(2)22(26)30-18-11-7-4-8-12-18;21-17(25-13-19(23)27-15-7-3-1-4-8-15)11-12-18(22)26-14-20(24)28-16-9-5-2-6-10-16;3*1-4-2-3;3*1-3-2-4/h1-10H,11-18H2;3-12,15-16H,13-14H2,1-2H3;1-10H,11-14H2;6*1H3. The molecule has 0 bridgehead atoms. The molecule has 0 amide bonds. The molecule has 0 spiro atoms. The third kappa shape index (κ3) is 65.9. The molecule has 38 nitrogen and oxygen atoms in total. The van der Waals surface area contributed by atoms with Crippen LogP contribution in [0.2, 0.25) is 0 Å². The number of aliphatic imine (C=N–C) groups is 3. The Bertz CT molecular complexity index is 3800. The minimum Gasteiger partial charge on any atom is -0.463 e. The highest BCUT2D eigenvalue weighted by Gasteiger charge is 2.24. The number of carbonyl (C=O) groups excluding carboxylic acids is 15. The van der Waals surface area contributed by atoms with Crippen molar-refractivity contribution in [3.63, 3.8) is 0 Å². The average molecular weight is 1620 g/mol. The molecule has 6 rings (SSSR count). The first-order valence-electron chi connectivity index (χ1n) is 33.3. The van der Waals surface area contributed by atoms with E-state index in [0.29, 0.717) is 34.5 Å². The van der Waals surface area contributed by atoms with E-state index in [2.05, 4.69) is 29.2 Å². The average Bonchev–Trinajstić information content (AvgIpc) is 0.898. The van der Waals surface area contributed by atoms with Gasteiger partial charge in [0.05, 0.1) is 73.1 Å². The fraction of sp³-hybridized carbons (Fsp3) is 0.308. The summed E-state index contributed by atoms with van der Waals surface area (Å²) in [5.74, 6) is -6.29. The number of hydrogen-bond acceptors (Lipinski definition) is 38. The summed E-state index contributed by atoms with van der Waals surface area (Å²) in [5.41, 5.74) is 0.